The van der Waals surface area contributed by atoms with Crippen LogP contribution in [0.5, 0.6) is 0 Å². The molecule has 0 radical (unpaired) electrons. The van der Waals surface area contributed by atoms with Gasteiger partial charge in [0, 0.05) is 13.1 Å². The quantitative estimate of drug-likeness (QED) is 0.620. The lowest BCUT2D eigenvalue weighted by molar-refractivity contribution is -0.127. The average molecular weight is 195 g/mol. The fourth-order valence-electron chi connectivity index (χ4n) is 2.07. The van der Waals surface area contributed by atoms with Crippen LogP contribution in [0, 0.1) is 5.92 Å². The summed E-state index contributed by atoms with van der Waals surface area (Å²) in [6.45, 7) is 4.18. The summed E-state index contributed by atoms with van der Waals surface area (Å²) in [7, 11) is 1.92. The smallest absolute Gasteiger partial charge is 0.246 e. The van der Waals surface area contributed by atoms with Crippen LogP contribution >= 0.6 is 0 Å². The van der Waals surface area contributed by atoms with E-state index in [0.717, 1.165) is 5.92 Å². The summed E-state index contributed by atoms with van der Waals surface area (Å²) in [6, 6.07) is 0.468. The maximum atomic E-state index is 11.6. The number of hydrogen-bond acceptors (Lipinski definition) is 1. The highest BCUT2D eigenvalue weighted by Gasteiger charge is 2.23. The first-order chi connectivity index (χ1) is 6.65. The zero-order valence-corrected chi connectivity index (χ0v) is 9.49. The molecule has 1 saturated carbocycles. The second-order valence-electron chi connectivity index (χ2n) is 4.36. The van der Waals surface area contributed by atoms with Gasteiger partial charge in [-0.25, -0.2) is 0 Å². The number of hydrogen-bond donors (Lipinski definition) is 0. The Kier molecular flexibility index (Phi) is 4.18. The van der Waals surface area contributed by atoms with Gasteiger partial charge in [-0.15, -0.1) is 0 Å². The predicted octanol–water partition coefficient (Wildman–Crippen LogP) is 2.60. The molecule has 80 valence electrons. The van der Waals surface area contributed by atoms with E-state index in [1.54, 1.807) is 6.08 Å². The number of carbonyl (C=O) groups is 1. The maximum absolute atomic E-state index is 11.6. The van der Waals surface area contributed by atoms with Gasteiger partial charge in [-0.2, -0.15) is 0 Å². The highest BCUT2D eigenvalue weighted by atomic mass is 16.2. The van der Waals surface area contributed by atoms with Gasteiger partial charge >= 0.3 is 0 Å². The van der Waals surface area contributed by atoms with Crippen molar-refractivity contribution in [3.63, 3.8) is 0 Å². The van der Waals surface area contributed by atoms with Crippen LogP contribution in [0.3, 0.4) is 0 Å². The molecule has 1 rings (SSSR count). The van der Waals surface area contributed by atoms with Gasteiger partial charge in [-0.1, -0.05) is 13.0 Å². The van der Waals surface area contributed by atoms with Crippen LogP contribution in [-0.2, 0) is 4.79 Å². The van der Waals surface area contributed by atoms with Crippen molar-refractivity contribution in [1.29, 1.82) is 0 Å². The summed E-state index contributed by atoms with van der Waals surface area (Å²) in [6.07, 6.45) is 8.32. The molecular weight excluding hydrogens is 174 g/mol. The summed E-state index contributed by atoms with van der Waals surface area (Å²) < 4.78 is 0. The van der Waals surface area contributed by atoms with Crippen LogP contribution in [0.15, 0.2) is 12.2 Å². The van der Waals surface area contributed by atoms with Crippen molar-refractivity contribution in [3.05, 3.63) is 12.2 Å². The van der Waals surface area contributed by atoms with E-state index < -0.39 is 0 Å². The van der Waals surface area contributed by atoms with Gasteiger partial charge < -0.3 is 4.90 Å². The van der Waals surface area contributed by atoms with E-state index in [1.807, 2.05) is 24.9 Å². The Morgan fingerprint density at radius 1 is 1.29 bits per heavy atom. The zero-order chi connectivity index (χ0) is 10.6. The van der Waals surface area contributed by atoms with Gasteiger partial charge in [0.15, 0.2) is 0 Å². The monoisotopic (exact) mass is 195 g/mol. The van der Waals surface area contributed by atoms with Crippen molar-refractivity contribution >= 4 is 5.91 Å². The van der Waals surface area contributed by atoms with E-state index in [2.05, 4.69) is 6.92 Å². The van der Waals surface area contributed by atoms with E-state index in [0.29, 0.717) is 6.04 Å². The lowest BCUT2D eigenvalue weighted by atomic mass is 9.87. The van der Waals surface area contributed by atoms with Gasteiger partial charge in [0.2, 0.25) is 5.91 Å². The molecule has 0 bridgehead atoms. The summed E-state index contributed by atoms with van der Waals surface area (Å²) in [5.41, 5.74) is 0. The fraction of sp³-hybridized carbons (Fsp3) is 0.750. The van der Waals surface area contributed by atoms with E-state index >= 15 is 0 Å². The SMILES string of the molecule is CC=CC(=O)N(C)C1CCC(C)CC1. The molecule has 0 unspecified atom stereocenters. The molecule has 14 heavy (non-hydrogen) atoms. The molecule has 0 atom stereocenters. The first kappa shape index (κ1) is 11.3. The van der Waals surface area contributed by atoms with Crippen LogP contribution < -0.4 is 0 Å². The van der Waals surface area contributed by atoms with Crippen molar-refractivity contribution in [1.82, 2.24) is 4.90 Å². The van der Waals surface area contributed by atoms with Crippen molar-refractivity contribution in [2.24, 2.45) is 5.92 Å². The van der Waals surface area contributed by atoms with E-state index in [4.69, 9.17) is 0 Å². The van der Waals surface area contributed by atoms with Crippen LogP contribution in [0.2, 0.25) is 0 Å². The minimum absolute atomic E-state index is 0.145. The summed E-state index contributed by atoms with van der Waals surface area (Å²) in [4.78, 5) is 13.5. The fourth-order valence-corrected chi connectivity index (χ4v) is 2.07. The van der Waals surface area contributed by atoms with Crippen molar-refractivity contribution in [3.8, 4) is 0 Å². The number of rotatable bonds is 2. The second-order valence-corrected chi connectivity index (χ2v) is 4.36. The largest absolute Gasteiger partial charge is 0.339 e. The topological polar surface area (TPSA) is 20.3 Å². The summed E-state index contributed by atoms with van der Waals surface area (Å²) in [5.74, 6) is 0.989. The van der Waals surface area contributed by atoms with Gasteiger partial charge in [0.05, 0.1) is 0 Å². The Morgan fingerprint density at radius 3 is 2.36 bits per heavy atom. The van der Waals surface area contributed by atoms with Crippen molar-refractivity contribution in [2.75, 3.05) is 7.05 Å². The number of likely N-dealkylation sites (N-methyl/N-ethyl adjacent to an activating group) is 1. The second kappa shape index (κ2) is 5.18. The number of allylic oxidation sites excluding steroid dienone is 1. The molecule has 0 heterocycles. The Labute approximate surface area is 87.0 Å². The lowest BCUT2D eigenvalue weighted by Gasteiger charge is -2.33. The predicted molar refractivity (Wildman–Crippen MR) is 59.0 cm³/mol. The molecule has 1 aliphatic carbocycles. The molecule has 0 saturated heterocycles. The maximum Gasteiger partial charge on any atom is 0.246 e. The molecule has 2 nitrogen and oxygen atoms in total. The Balaban J connectivity index is 2.45. The van der Waals surface area contributed by atoms with Crippen LogP contribution in [-0.4, -0.2) is 23.9 Å². The molecule has 2 heteroatoms. The summed E-state index contributed by atoms with van der Waals surface area (Å²) in [5, 5.41) is 0. The molecule has 1 fully saturated rings. The Bertz CT molecular complexity index is 214. The third kappa shape index (κ3) is 2.86. The van der Waals surface area contributed by atoms with E-state index in [1.165, 1.54) is 25.7 Å². The molecule has 0 aliphatic heterocycles. The van der Waals surface area contributed by atoms with Gasteiger partial charge in [-0.05, 0) is 44.6 Å². The van der Waals surface area contributed by atoms with E-state index in [-0.39, 0.29) is 5.91 Å². The first-order valence-corrected chi connectivity index (χ1v) is 5.54. The van der Waals surface area contributed by atoms with Crippen LogP contribution in [0.4, 0.5) is 0 Å². The number of carbonyl (C=O) groups excluding carboxylic acids is 1. The van der Waals surface area contributed by atoms with Crippen molar-refractivity contribution < 1.29 is 4.79 Å². The zero-order valence-electron chi connectivity index (χ0n) is 9.49. The Hall–Kier alpha value is -0.790. The Morgan fingerprint density at radius 2 is 1.86 bits per heavy atom. The molecule has 1 amide bonds. The summed E-state index contributed by atoms with van der Waals surface area (Å²) >= 11 is 0. The van der Waals surface area contributed by atoms with Crippen LogP contribution in [0.1, 0.15) is 39.5 Å². The molecule has 0 N–H and O–H groups in total. The first-order valence-electron chi connectivity index (χ1n) is 5.54. The van der Waals surface area contributed by atoms with Gasteiger partial charge in [0.1, 0.15) is 0 Å². The van der Waals surface area contributed by atoms with Gasteiger partial charge in [-0.3, -0.25) is 4.79 Å². The number of nitrogens with zero attached hydrogens (tertiary/aromatic N) is 1. The molecule has 0 aromatic heterocycles. The normalized spacial score (nSPS) is 27.9. The number of amides is 1. The van der Waals surface area contributed by atoms with Crippen molar-refractivity contribution in [2.45, 2.75) is 45.6 Å². The third-order valence-corrected chi connectivity index (χ3v) is 3.19. The molecule has 0 spiro atoms. The molecule has 0 aromatic carbocycles. The minimum Gasteiger partial charge on any atom is -0.339 e. The lowest BCUT2D eigenvalue weighted by Crippen LogP contribution is -2.38. The standard InChI is InChI=1S/C12H21NO/c1-4-5-12(14)13(3)11-8-6-10(2)7-9-11/h4-5,10-11H,6-9H2,1-3H3. The minimum atomic E-state index is 0.145. The molecular formula is C12H21NO. The third-order valence-electron chi connectivity index (χ3n) is 3.19. The highest BCUT2D eigenvalue weighted by molar-refractivity contribution is 5.87. The average Bonchev–Trinajstić information content (AvgIpc) is 2.18. The molecule has 0 aromatic rings. The van der Waals surface area contributed by atoms with Gasteiger partial charge in [0.25, 0.3) is 0 Å². The molecule has 1 aliphatic rings. The highest BCUT2D eigenvalue weighted by Crippen LogP contribution is 2.26. The van der Waals surface area contributed by atoms with E-state index in [9.17, 15) is 4.79 Å². The van der Waals surface area contributed by atoms with Crippen LogP contribution in [0.25, 0.3) is 0 Å².